The van der Waals surface area contributed by atoms with E-state index in [0.717, 1.165) is 5.39 Å². The number of rotatable bonds is 6. The Morgan fingerprint density at radius 2 is 1.77 bits per heavy atom. The van der Waals surface area contributed by atoms with Gasteiger partial charge in [0.05, 0.1) is 46.2 Å². The molecule has 1 N–H and O–H groups in total. The van der Waals surface area contributed by atoms with Gasteiger partial charge in [-0.2, -0.15) is 0 Å². The van der Waals surface area contributed by atoms with Gasteiger partial charge in [-0.15, -0.1) is 0 Å². The molecular weight excluding hydrogens is 390 g/mol. The molecule has 9 heteroatoms. The minimum absolute atomic E-state index is 0.162. The van der Waals surface area contributed by atoms with E-state index < -0.39 is 0 Å². The van der Waals surface area contributed by atoms with Gasteiger partial charge < -0.3 is 33.6 Å². The standard InChI is InChI=1S/C21H23N3O6/c1-26-17-10-13(11-18(27-2)19(17)28-3)22-20-14-4-7-30-16(14)12-15(23-20)21(25)24-5-8-29-9-6-24/h4,7,10-12H,5-6,8-9H2,1-3H3,(H,22,23). The van der Waals surface area contributed by atoms with Gasteiger partial charge in [-0.05, 0) is 6.07 Å². The normalized spacial score (nSPS) is 13.9. The predicted octanol–water partition coefficient (Wildman–Crippen LogP) is 3.07. The average Bonchev–Trinajstić information content (AvgIpc) is 3.27. The summed E-state index contributed by atoms with van der Waals surface area (Å²) in [6.45, 7) is 2.11. The van der Waals surface area contributed by atoms with Gasteiger partial charge in [0.15, 0.2) is 11.5 Å². The zero-order valence-electron chi connectivity index (χ0n) is 17.1. The molecule has 1 aliphatic rings. The van der Waals surface area contributed by atoms with Crippen molar-refractivity contribution in [1.29, 1.82) is 0 Å². The minimum atomic E-state index is -0.162. The van der Waals surface area contributed by atoms with Crippen LogP contribution in [0, 0.1) is 0 Å². The lowest BCUT2D eigenvalue weighted by molar-refractivity contribution is 0.0299. The van der Waals surface area contributed by atoms with Crippen LogP contribution in [0.15, 0.2) is 34.9 Å². The highest BCUT2D eigenvalue weighted by molar-refractivity contribution is 5.99. The number of nitrogens with zero attached hydrogens (tertiary/aromatic N) is 2. The molecule has 0 aliphatic carbocycles. The number of benzene rings is 1. The SMILES string of the molecule is COc1cc(Nc2nc(C(=O)N3CCOCC3)cc3occc23)cc(OC)c1OC. The van der Waals surface area contributed by atoms with Crippen molar-refractivity contribution < 1.29 is 28.2 Å². The summed E-state index contributed by atoms with van der Waals surface area (Å²) in [5.41, 5.74) is 1.53. The molecule has 1 fully saturated rings. The highest BCUT2D eigenvalue weighted by Gasteiger charge is 2.22. The fraction of sp³-hybridized carbons (Fsp3) is 0.333. The first kappa shape index (κ1) is 19.8. The molecule has 3 aromatic rings. The molecule has 4 rings (SSSR count). The summed E-state index contributed by atoms with van der Waals surface area (Å²) in [4.78, 5) is 19.2. The molecule has 1 amide bonds. The molecule has 9 nitrogen and oxygen atoms in total. The van der Waals surface area contributed by atoms with Crippen LogP contribution in [0.25, 0.3) is 11.0 Å². The lowest BCUT2D eigenvalue weighted by atomic mass is 10.2. The summed E-state index contributed by atoms with van der Waals surface area (Å²) in [7, 11) is 4.65. The predicted molar refractivity (Wildman–Crippen MR) is 110 cm³/mol. The van der Waals surface area contributed by atoms with E-state index in [1.807, 2.05) is 0 Å². The molecule has 2 aromatic heterocycles. The molecule has 0 spiro atoms. The number of carbonyl (C=O) groups is 1. The molecule has 30 heavy (non-hydrogen) atoms. The van der Waals surface area contributed by atoms with Crippen LogP contribution < -0.4 is 19.5 Å². The van der Waals surface area contributed by atoms with Gasteiger partial charge in [-0.1, -0.05) is 0 Å². The highest BCUT2D eigenvalue weighted by Crippen LogP contribution is 2.41. The first-order chi connectivity index (χ1) is 14.6. The van der Waals surface area contributed by atoms with E-state index in [-0.39, 0.29) is 5.91 Å². The Balaban J connectivity index is 1.72. The molecule has 1 aliphatic heterocycles. The molecule has 1 aromatic carbocycles. The molecule has 0 atom stereocenters. The number of nitrogens with one attached hydrogen (secondary N) is 1. The van der Waals surface area contributed by atoms with Crippen molar-refractivity contribution >= 4 is 28.4 Å². The number of pyridine rings is 1. The zero-order chi connectivity index (χ0) is 21.1. The number of anilines is 2. The third-order valence-corrected chi connectivity index (χ3v) is 4.90. The van der Waals surface area contributed by atoms with Gasteiger partial charge in [-0.25, -0.2) is 4.98 Å². The number of carbonyl (C=O) groups excluding carboxylic acids is 1. The Hall–Kier alpha value is -3.46. The quantitative estimate of drug-likeness (QED) is 0.659. The van der Waals surface area contributed by atoms with Crippen molar-refractivity contribution in [2.45, 2.75) is 0 Å². The van der Waals surface area contributed by atoms with E-state index in [1.54, 1.807) is 56.8 Å². The van der Waals surface area contributed by atoms with Crippen LogP contribution in [0.2, 0.25) is 0 Å². The first-order valence-corrected chi connectivity index (χ1v) is 9.47. The lowest BCUT2D eigenvalue weighted by Crippen LogP contribution is -2.41. The Kier molecular flexibility index (Phi) is 5.62. The number of amides is 1. The summed E-state index contributed by atoms with van der Waals surface area (Å²) in [6, 6.07) is 7.00. The molecular formula is C21H23N3O6. The maximum Gasteiger partial charge on any atom is 0.272 e. The monoisotopic (exact) mass is 413 g/mol. The third kappa shape index (κ3) is 3.71. The van der Waals surface area contributed by atoms with Gasteiger partial charge in [0.25, 0.3) is 5.91 Å². The van der Waals surface area contributed by atoms with Gasteiger partial charge in [0.1, 0.15) is 17.1 Å². The molecule has 0 radical (unpaired) electrons. The van der Waals surface area contributed by atoms with Gasteiger partial charge in [0.2, 0.25) is 5.75 Å². The van der Waals surface area contributed by atoms with E-state index in [9.17, 15) is 4.79 Å². The minimum Gasteiger partial charge on any atom is -0.493 e. The van der Waals surface area contributed by atoms with Crippen LogP contribution in [0.5, 0.6) is 17.2 Å². The van der Waals surface area contributed by atoms with Crippen molar-refractivity contribution in [3.8, 4) is 17.2 Å². The van der Waals surface area contributed by atoms with E-state index in [4.69, 9.17) is 23.4 Å². The first-order valence-electron chi connectivity index (χ1n) is 9.47. The molecule has 0 bridgehead atoms. The summed E-state index contributed by atoms with van der Waals surface area (Å²) in [6.07, 6.45) is 1.57. The largest absolute Gasteiger partial charge is 0.493 e. The lowest BCUT2D eigenvalue weighted by Gasteiger charge is -2.26. The van der Waals surface area contributed by atoms with Crippen molar-refractivity contribution in [2.24, 2.45) is 0 Å². The second-order valence-corrected chi connectivity index (χ2v) is 6.63. The number of aromatic nitrogens is 1. The van der Waals surface area contributed by atoms with Gasteiger partial charge in [0, 0.05) is 37.0 Å². The molecule has 3 heterocycles. The molecule has 0 saturated carbocycles. The Morgan fingerprint density at radius 3 is 2.40 bits per heavy atom. The van der Waals surface area contributed by atoms with Crippen LogP contribution in [-0.4, -0.2) is 63.4 Å². The Morgan fingerprint density at radius 1 is 1.07 bits per heavy atom. The van der Waals surface area contributed by atoms with E-state index in [2.05, 4.69) is 10.3 Å². The topological polar surface area (TPSA) is 95.3 Å². The number of hydrogen-bond donors (Lipinski definition) is 1. The Bertz CT molecular complexity index is 1030. The molecule has 0 unspecified atom stereocenters. The van der Waals surface area contributed by atoms with Crippen molar-refractivity contribution in [3.05, 3.63) is 36.2 Å². The number of fused-ring (bicyclic) bond motifs is 1. The van der Waals surface area contributed by atoms with Crippen LogP contribution in [0.3, 0.4) is 0 Å². The smallest absolute Gasteiger partial charge is 0.272 e. The highest BCUT2D eigenvalue weighted by atomic mass is 16.5. The zero-order valence-corrected chi connectivity index (χ0v) is 17.1. The van der Waals surface area contributed by atoms with Crippen molar-refractivity contribution in [2.75, 3.05) is 52.9 Å². The molecule has 1 saturated heterocycles. The number of morpholine rings is 1. The second kappa shape index (κ2) is 8.50. The average molecular weight is 413 g/mol. The fourth-order valence-corrected chi connectivity index (χ4v) is 3.39. The number of hydrogen-bond acceptors (Lipinski definition) is 8. The number of ether oxygens (including phenoxy) is 4. The van der Waals surface area contributed by atoms with Crippen LogP contribution >= 0.6 is 0 Å². The van der Waals surface area contributed by atoms with Crippen LogP contribution in [0.1, 0.15) is 10.5 Å². The van der Waals surface area contributed by atoms with E-state index in [1.165, 1.54) is 0 Å². The van der Waals surface area contributed by atoms with Gasteiger partial charge >= 0.3 is 0 Å². The maximum absolute atomic E-state index is 12.9. The maximum atomic E-state index is 12.9. The van der Waals surface area contributed by atoms with E-state index >= 15 is 0 Å². The molecule has 158 valence electrons. The number of furan rings is 1. The summed E-state index contributed by atoms with van der Waals surface area (Å²) < 4.78 is 27.1. The third-order valence-electron chi connectivity index (χ3n) is 4.90. The summed E-state index contributed by atoms with van der Waals surface area (Å²) in [5.74, 6) is 1.83. The van der Waals surface area contributed by atoms with Crippen LogP contribution in [0.4, 0.5) is 11.5 Å². The second-order valence-electron chi connectivity index (χ2n) is 6.63. The van der Waals surface area contributed by atoms with Crippen LogP contribution in [-0.2, 0) is 4.74 Å². The fourth-order valence-electron chi connectivity index (χ4n) is 3.39. The summed E-state index contributed by atoms with van der Waals surface area (Å²) >= 11 is 0. The van der Waals surface area contributed by atoms with Gasteiger partial charge in [-0.3, -0.25) is 4.79 Å². The van der Waals surface area contributed by atoms with Crippen molar-refractivity contribution in [1.82, 2.24) is 9.88 Å². The Labute approximate surface area is 173 Å². The number of methoxy groups -OCH3 is 3. The van der Waals surface area contributed by atoms with E-state index in [0.29, 0.717) is 66.3 Å². The van der Waals surface area contributed by atoms with Crippen molar-refractivity contribution in [3.63, 3.8) is 0 Å². The summed E-state index contributed by atoms with van der Waals surface area (Å²) in [5, 5.41) is 4.00.